The molecule has 0 amide bonds. The Balaban J connectivity index is 2.19. The zero-order chi connectivity index (χ0) is 14.5. The van der Waals surface area contributed by atoms with Crippen LogP contribution in [0.2, 0.25) is 0 Å². The minimum atomic E-state index is 0.0923. The van der Waals surface area contributed by atoms with Gasteiger partial charge in [0.05, 0.1) is 6.61 Å². The Bertz CT molecular complexity index is 591. The van der Waals surface area contributed by atoms with Crippen LogP contribution >= 0.6 is 15.9 Å². The van der Waals surface area contributed by atoms with Crippen molar-refractivity contribution in [3.8, 4) is 0 Å². The van der Waals surface area contributed by atoms with Crippen LogP contribution in [0.5, 0.6) is 0 Å². The Morgan fingerprint density at radius 2 is 2.10 bits per heavy atom. The zero-order valence-electron chi connectivity index (χ0n) is 11.5. The van der Waals surface area contributed by atoms with Crippen molar-refractivity contribution in [3.63, 3.8) is 0 Å². The van der Waals surface area contributed by atoms with Crippen LogP contribution in [0.3, 0.4) is 0 Å². The Labute approximate surface area is 126 Å². The summed E-state index contributed by atoms with van der Waals surface area (Å²) in [6.45, 7) is 2.66. The summed E-state index contributed by atoms with van der Waals surface area (Å²) in [5.41, 5.74) is 2.13. The van der Waals surface area contributed by atoms with Crippen LogP contribution < -0.4 is 10.2 Å². The first-order valence-electron chi connectivity index (χ1n) is 6.27. The standard InChI is InChI=1S/C14H17BrN4O/c1-10-7-11(15)3-4-12(10)18-13-8-14(17-9-16-13)19(2)5-6-20/h3-4,7-9,20H,5-6H2,1-2H3,(H,16,17,18). The van der Waals surface area contributed by atoms with Crippen LogP contribution in [0.15, 0.2) is 35.1 Å². The number of anilines is 3. The van der Waals surface area contributed by atoms with Gasteiger partial charge in [0.25, 0.3) is 0 Å². The predicted octanol–water partition coefficient (Wildman–Crippen LogP) is 2.72. The number of aryl methyl sites for hydroxylation is 1. The fourth-order valence-electron chi connectivity index (χ4n) is 1.79. The molecule has 1 aromatic heterocycles. The molecule has 2 aromatic rings. The molecule has 6 heteroatoms. The van der Waals surface area contributed by atoms with Gasteiger partial charge in [-0.3, -0.25) is 0 Å². The summed E-state index contributed by atoms with van der Waals surface area (Å²) < 4.78 is 1.05. The maximum atomic E-state index is 8.96. The summed E-state index contributed by atoms with van der Waals surface area (Å²) in [6.07, 6.45) is 1.51. The first-order valence-corrected chi connectivity index (χ1v) is 7.06. The number of nitrogens with zero attached hydrogens (tertiary/aromatic N) is 3. The van der Waals surface area contributed by atoms with Crippen molar-refractivity contribution in [1.82, 2.24) is 9.97 Å². The molecule has 2 rings (SSSR count). The van der Waals surface area contributed by atoms with Crippen molar-refractivity contribution >= 4 is 33.3 Å². The second kappa shape index (κ2) is 6.67. The third-order valence-corrected chi connectivity index (χ3v) is 3.42. The van der Waals surface area contributed by atoms with E-state index >= 15 is 0 Å². The molecule has 1 heterocycles. The molecular formula is C14H17BrN4O. The molecule has 0 aliphatic rings. The normalized spacial score (nSPS) is 10.4. The van der Waals surface area contributed by atoms with Gasteiger partial charge >= 0.3 is 0 Å². The van der Waals surface area contributed by atoms with Crippen molar-refractivity contribution in [3.05, 3.63) is 40.6 Å². The van der Waals surface area contributed by atoms with Gasteiger partial charge < -0.3 is 15.3 Å². The summed E-state index contributed by atoms with van der Waals surface area (Å²) in [7, 11) is 1.88. The smallest absolute Gasteiger partial charge is 0.135 e. The number of nitrogens with one attached hydrogen (secondary N) is 1. The fraction of sp³-hybridized carbons (Fsp3) is 0.286. The van der Waals surface area contributed by atoms with E-state index in [1.165, 1.54) is 6.33 Å². The average molecular weight is 337 g/mol. The number of aromatic nitrogens is 2. The number of halogens is 1. The second-order valence-corrected chi connectivity index (χ2v) is 5.41. The van der Waals surface area contributed by atoms with E-state index in [1.807, 2.05) is 43.1 Å². The zero-order valence-corrected chi connectivity index (χ0v) is 13.1. The van der Waals surface area contributed by atoms with Gasteiger partial charge in [0.1, 0.15) is 18.0 Å². The highest BCUT2D eigenvalue weighted by Gasteiger charge is 2.05. The Morgan fingerprint density at radius 3 is 2.80 bits per heavy atom. The predicted molar refractivity (Wildman–Crippen MR) is 84.5 cm³/mol. The summed E-state index contributed by atoms with van der Waals surface area (Å²) >= 11 is 3.45. The van der Waals surface area contributed by atoms with Gasteiger partial charge in [-0.15, -0.1) is 0 Å². The number of benzene rings is 1. The van der Waals surface area contributed by atoms with Crippen LogP contribution in [0.1, 0.15) is 5.56 Å². The number of rotatable bonds is 5. The molecule has 1 aromatic carbocycles. The quantitative estimate of drug-likeness (QED) is 0.879. The van der Waals surface area contributed by atoms with Crippen molar-refractivity contribution in [2.75, 3.05) is 30.4 Å². The van der Waals surface area contributed by atoms with Crippen LogP contribution in [0, 0.1) is 6.92 Å². The van der Waals surface area contributed by atoms with Gasteiger partial charge in [-0.05, 0) is 30.7 Å². The van der Waals surface area contributed by atoms with Gasteiger partial charge in [0.15, 0.2) is 0 Å². The third kappa shape index (κ3) is 3.68. The molecule has 2 N–H and O–H groups in total. The Hall–Kier alpha value is -1.66. The van der Waals surface area contributed by atoms with E-state index in [2.05, 4.69) is 31.2 Å². The maximum absolute atomic E-state index is 8.96. The molecule has 0 radical (unpaired) electrons. The van der Waals surface area contributed by atoms with E-state index in [4.69, 9.17) is 5.11 Å². The highest BCUT2D eigenvalue weighted by atomic mass is 79.9. The molecule has 0 saturated carbocycles. The van der Waals surface area contributed by atoms with Gasteiger partial charge in [-0.1, -0.05) is 15.9 Å². The highest BCUT2D eigenvalue weighted by Crippen LogP contribution is 2.23. The maximum Gasteiger partial charge on any atom is 0.135 e. The van der Waals surface area contributed by atoms with Crippen molar-refractivity contribution in [2.24, 2.45) is 0 Å². The number of aliphatic hydroxyl groups excluding tert-OH is 1. The van der Waals surface area contributed by atoms with Crippen molar-refractivity contribution < 1.29 is 5.11 Å². The van der Waals surface area contributed by atoms with E-state index in [0.29, 0.717) is 6.54 Å². The first-order chi connectivity index (χ1) is 9.60. The molecule has 0 spiro atoms. The lowest BCUT2D eigenvalue weighted by molar-refractivity contribution is 0.304. The van der Waals surface area contributed by atoms with Gasteiger partial charge in [-0.25, -0.2) is 9.97 Å². The molecule has 0 unspecified atom stereocenters. The highest BCUT2D eigenvalue weighted by molar-refractivity contribution is 9.10. The molecule has 5 nitrogen and oxygen atoms in total. The number of hydrogen-bond acceptors (Lipinski definition) is 5. The minimum Gasteiger partial charge on any atom is -0.395 e. The van der Waals surface area contributed by atoms with Crippen LogP contribution in [0.25, 0.3) is 0 Å². The first kappa shape index (κ1) is 14.7. The van der Waals surface area contributed by atoms with E-state index in [0.717, 1.165) is 27.4 Å². The molecular weight excluding hydrogens is 320 g/mol. The minimum absolute atomic E-state index is 0.0923. The topological polar surface area (TPSA) is 61.3 Å². The lowest BCUT2D eigenvalue weighted by atomic mass is 10.2. The van der Waals surface area contributed by atoms with Gasteiger partial charge in [0.2, 0.25) is 0 Å². The summed E-state index contributed by atoms with van der Waals surface area (Å²) in [4.78, 5) is 10.3. The monoisotopic (exact) mass is 336 g/mol. The molecule has 20 heavy (non-hydrogen) atoms. The van der Waals surface area contributed by atoms with Crippen LogP contribution in [-0.2, 0) is 0 Å². The molecule has 0 bridgehead atoms. The van der Waals surface area contributed by atoms with Gasteiger partial charge in [-0.2, -0.15) is 0 Å². The van der Waals surface area contributed by atoms with Crippen LogP contribution in [0.4, 0.5) is 17.3 Å². The average Bonchev–Trinajstić information content (AvgIpc) is 2.43. The molecule has 0 atom stereocenters. The van der Waals surface area contributed by atoms with Crippen LogP contribution in [-0.4, -0.2) is 35.3 Å². The van der Waals surface area contributed by atoms with E-state index in [-0.39, 0.29) is 6.61 Å². The Kier molecular flexibility index (Phi) is 4.92. The summed E-state index contributed by atoms with van der Waals surface area (Å²) in [6, 6.07) is 7.88. The van der Waals surface area contributed by atoms with E-state index in [9.17, 15) is 0 Å². The molecule has 0 aliphatic heterocycles. The molecule has 0 saturated heterocycles. The molecule has 0 aliphatic carbocycles. The lowest BCUT2D eigenvalue weighted by Gasteiger charge is -2.17. The van der Waals surface area contributed by atoms with E-state index < -0.39 is 0 Å². The van der Waals surface area contributed by atoms with Gasteiger partial charge in [0, 0.05) is 29.8 Å². The number of aliphatic hydroxyl groups is 1. The SMILES string of the molecule is Cc1cc(Br)ccc1Nc1cc(N(C)CCO)ncn1. The van der Waals surface area contributed by atoms with Crippen molar-refractivity contribution in [2.45, 2.75) is 6.92 Å². The van der Waals surface area contributed by atoms with Crippen molar-refractivity contribution in [1.29, 1.82) is 0 Å². The Morgan fingerprint density at radius 1 is 1.30 bits per heavy atom. The lowest BCUT2D eigenvalue weighted by Crippen LogP contribution is -2.22. The number of hydrogen-bond donors (Lipinski definition) is 2. The van der Waals surface area contributed by atoms with E-state index in [1.54, 1.807) is 0 Å². The third-order valence-electron chi connectivity index (χ3n) is 2.93. The second-order valence-electron chi connectivity index (χ2n) is 4.49. The molecule has 0 fully saturated rings. The summed E-state index contributed by atoms with van der Waals surface area (Å²) in [5, 5.41) is 12.2. The fourth-order valence-corrected chi connectivity index (χ4v) is 2.27. The molecule has 106 valence electrons. The largest absolute Gasteiger partial charge is 0.395 e. The number of likely N-dealkylation sites (N-methyl/N-ethyl adjacent to an activating group) is 1. The summed E-state index contributed by atoms with van der Waals surface area (Å²) in [5.74, 6) is 1.50.